The van der Waals surface area contributed by atoms with E-state index in [-0.39, 0.29) is 0 Å². The summed E-state index contributed by atoms with van der Waals surface area (Å²) < 4.78 is 10.9. The van der Waals surface area contributed by atoms with Crippen LogP contribution in [0.25, 0.3) is 6.08 Å². The van der Waals surface area contributed by atoms with Crippen molar-refractivity contribution in [2.24, 2.45) is 4.99 Å². The minimum atomic E-state index is 0.687. The topological polar surface area (TPSA) is 30.8 Å². The Morgan fingerprint density at radius 3 is 2.62 bits per heavy atom. The molecular formula is C21H21NO2. The van der Waals surface area contributed by atoms with Crippen molar-refractivity contribution in [1.82, 2.24) is 0 Å². The van der Waals surface area contributed by atoms with Gasteiger partial charge in [0.2, 0.25) is 5.90 Å². The van der Waals surface area contributed by atoms with Gasteiger partial charge in [0, 0.05) is 12.0 Å². The van der Waals surface area contributed by atoms with Crippen molar-refractivity contribution in [2.75, 3.05) is 13.7 Å². The molecule has 122 valence electrons. The fraction of sp³-hybridized carbons (Fsp3) is 0.190. The minimum Gasteiger partial charge on any atom is -0.497 e. The van der Waals surface area contributed by atoms with Gasteiger partial charge >= 0.3 is 0 Å². The quantitative estimate of drug-likeness (QED) is 0.785. The lowest BCUT2D eigenvalue weighted by Crippen LogP contribution is -1.96. The van der Waals surface area contributed by atoms with Gasteiger partial charge in [0.05, 0.1) is 19.4 Å². The second-order valence-corrected chi connectivity index (χ2v) is 5.63. The number of hydrogen-bond donors (Lipinski definition) is 0. The summed E-state index contributed by atoms with van der Waals surface area (Å²) in [5.74, 6) is 1.59. The average molecular weight is 319 g/mol. The molecule has 0 unspecified atom stereocenters. The monoisotopic (exact) mass is 319 g/mol. The van der Waals surface area contributed by atoms with Crippen LogP contribution in [0.3, 0.4) is 0 Å². The van der Waals surface area contributed by atoms with Gasteiger partial charge in [0.1, 0.15) is 5.75 Å². The zero-order valence-electron chi connectivity index (χ0n) is 14.0. The molecule has 1 saturated heterocycles. The Morgan fingerprint density at radius 2 is 1.88 bits per heavy atom. The van der Waals surface area contributed by atoms with Gasteiger partial charge in [0.15, 0.2) is 0 Å². The molecule has 0 N–H and O–H groups in total. The third-order valence-corrected chi connectivity index (χ3v) is 3.92. The summed E-state index contributed by atoms with van der Waals surface area (Å²) in [6, 6.07) is 16.0. The highest BCUT2D eigenvalue weighted by molar-refractivity contribution is 5.97. The van der Waals surface area contributed by atoms with Crippen LogP contribution in [-0.2, 0) is 4.74 Å². The molecule has 1 heterocycles. The van der Waals surface area contributed by atoms with Crippen molar-refractivity contribution in [3.63, 3.8) is 0 Å². The number of ether oxygens (including phenoxy) is 2. The van der Waals surface area contributed by atoms with E-state index >= 15 is 0 Å². The molecule has 3 heteroatoms. The van der Waals surface area contributed by atoms with Gasteiger partial charge in [-0.25, -0.2) is 4.99 Å². The molecule has 0 bridgehead atoms. The summed E-state index contributed by atoms with van der Waals surface area (Å²) >= 11 is 0. The predicted octanol–water partition coefficient (Wildman–Crippen LogP) is 5.09. The number of aryl methyl sites for hydroxylation is 1. The molecule has 3 nitrogen and oxygen atoms in total. The smallest absolute Gasteiger partial charge is 0.217 e. The Hall–Kier alpha value is -2.81. The van der Waals surface area contributed by atoms with E-state index in [2.05, 4.69) is 30.1 Å². The van der Waals surface area contributed by atoms with Crippen molar-refractivity contribution in [3.05, 3.63) is 77.4 Å². The van der Waals surface area contributed by atoms with Crippen LogP contribution in [0.2, 0.25) is 0 Å². The van der Waals surface area contributed by atoms with Crippen molar-refractivity contribution in [2.45, 2.75) is 13.3 Å². The Balaban J connectivity index is 1.76. The summed E-state index contributed by atoms with van der Waals surface area (Å²) in [6.07, 6.45) is 7.07. The van der Waals surface area contributed by atoms with Gasteiger partial charge < -0.3 is 9.47 Å². The maximum Gasteiger partial charge on any atom is 0.217 e. The standard InChI is InChI=1S/C21H21NO2/c1-16-6-3-4-9-20(16)22-21-18(14-15-24-21)8-5-7-17-10-12-19(23-2)13-11-17/h3-13H,14-15H2,1-2H3/b7-5+,18-8+,22-21?. The van der Waals surface area contributed by atoms with Crippen LogP contribution in [0.4, 0.5) is 5.69 Å². The number of methoxy groups -OCH3 is 1. The third kappa shape index (κ3) is 3.93. The molecule has 1 aliphatic heterocycles. The van der Waals surface area contributed by atoms with Crippen molar-refractivity contribution >= 4 is 17.7 Å². The van der Waals surface area contributed by atoms with Gasteiger partial charge in [-0.2, -0.15) is 0 Å². The van der Waals surface area contributed by atoms with E-state index in [1.807, 2.05) is 48.5 Å². The highest BCUT2D eigenvalue weighted by Crippen LogP contribution is 2.23. The minimum absolute atomic E-state index is 0.687. The number of hydrogen-bond acceptors (Lipinski definition) is 3. The normalized spacial score (nSPS) is 17.6. The molecule has 0 atom stereocenters. The molecule has 24 heavy (non-hydrogen) atoms. The molecule has 1 fully saturated rings. The summed E-state index contributed by atoms with van der Waals surface area (Å²) in [6.45, 7) is 2.74. The van der Waals surface area contributed by atoms with Crippen LogP contribution in [0, 0.1) is 6.92 Å². The third-order valence-electron chi connectivity index (χ3n) is 3.92. The molecule has 2 aromatic rings. The van der Waals surface area contributed by atoms with Gasteiger partial charge in [-0.3, -0.25) is 0 Å². The van der Waals surface area contributed by atoms with E-state index in [9.17, 15) is 0 Å². The number of nitrogens with zero attached hydrogens (tertiary/aromatic N) is 1. The van der Waals surface area contributed by atoms with Crippen LogP contribution in [0.15, 0.2) is 71.2 Å². The summed E-state index contributed by atoms with van der Waals surface area (Å²) in [5, 5.41) is 0. The lowest BCUT2D eigenvalue weighted by Gasteiger charge is -2.02. The largest absolute Gasteiger partial charge is 0.497 e. The zero-order valence-corrected chi connectivity index (χ0v) is 14.0. The fourth-order valence-corrected chi connectivity index (χ4v) is 2.50. The number of para-hydroxylation sites is 1. The second-order valence-electron chi connectivity index (χ2n) is 5.63. The van der Waals surface area contributed by atoms with Gasteiger partial charge in [-0.1, -0.05) is 48.6 Å². The highest BCUT2D eigenvalue weighted by atomic mass is 16.5. The van der Waals surface area contributed by atoms with Crippen LogP contribution in [0.5, 0.6) is 5.75 Å². The fourth-order valence-electron chi connectivity index (χ4n) is 2.50. The molecule has 0 saturated carbocycles. The van der Waals surface area contributed by atoms with Crippen molar-refractivity contribution < 1.29 is 9.47 Å². The first-order valence-corrected chi connectivity index (χ1v) is 8.05. The Bertz CT molecular complexity index is 786. The first kappa shape index (κ1) is 16.1. The molecule has 3 rings (SSSR count). The molecule has 1 aliphatic rings. The Morgan fingerprint density at radius 1 is 1.08 bits per heavy atom. The number of aliphatic imine (C=N–C) groups is 1. The molecular weight excluding hydrogens is 298 g/mol. The Kier molecular flexibility index (Phi) is 5.12. The lowest BCUT2D eigenvalue weighted by atomic mass is 10.1. The van der Waals surface area contributed by atoms with E-state index in [4.69, 9.17) is 9.47 Å². The first-order valence-electron chi connectivity index (χ1n) is 8.05. The summed E-state index contributed by atoms with van der Waals surface area (Å²) in [4.78, 5) is 4.66. The van der Waals surface area contributed by atoms with E-state index in [0.717, 1.165) is 40.5 Å². The van der Waals surface area contributed by atoms with Crippen LogP contribution < -0.4 is 4.74 Å². The predicted molar refractivity (Wildman–Crippen MR) is 99.0 cm³/mol. The van der Waals surface area contributed by atoms with Gasteiger partial charge in [-0.15, -0.1) is 0 Å². The molecule has 0 amide bonds. The average Bonchev–Trinajstić information content (AvgIpc) is 3.05. The zero-order chi connectivity index (χ0) is 16.8. The van der Waals surface area contributed by atoms with Crippen molar-refractivity contribution in [1.29, 1.82) is 0 Å². The van der Waals surface area contributed by atoms with Crippen LogP contribution in [-0.4, -0.2) is 19.6 Å². The summed E-state index contributed by atoms with van der Waals surface area (Å²) in [5.41, 5.74) is 4.36. The molecule has 0 radical (unpaired) electrons. The number of allylic oxidation sites excluding steroid dienone is 2. The summed E-state index contributed by atoms with van der Waals surface area (Å²) in [7, 11) is 1.67. The first-order chi connectivity index (χ1) is 11.8. The van der Waals surface area contributed by atoms with Crippen LogP contribution in [0.1, 0.15) is 17.5 Å². The van der Waals surface area contributed by atoms with Crippen LogP contribution >= 0.6 is 0 Å². The maximum absolute atomic E-state index is 5.69. The lowest BCUT2D eigenvalue weighted by molar-refractivity contribution is 0.344. The molecule has 0 aromatic heterocycles. The van der Waals surface area contributed by atoms with Gasteiger partial charge in [0.25, 0.3) is 0 Å². The molecule has 0 spiro atoms. The van der Waals surface area contributed by atoms with E-state index in [1.54, 1.807) is 7.11 Å². The van der Waals surface area contributed by atoms with Crippen molar-refractivity contribution in [3.8, 4) is 5.75 Å². The highest BCUT2D eigenvalue weighted by Gasteiger charge is 2.16. The number of rotatable bonds is 4. The van der Waals surface area contributed by atoms with Gasteiger partial charge in [-0.05, 0) is 36.2 Å². The SMILES string of the molecule is COc1ccc(/C=C/C=C2\CCOC2=Nc2ccccc2C)cc1. The molecule has 2 aromatic carbocycles. The second kappa shape index (κ2) is 7.64. The van der Waals surface area contributed by atoms with E-state index in [0.29, 0.717) is 6.61 Å². The Labute approximate surface area is 143 Å². The maximum atomic E-state index is 5.69. The van der Waals surface area contributed by atoms with E-state index in [1.165, 1.54) is 0 Å². The molecule has 0 aliphatic carbocycles. The number of benzene rings is 2. The van der Waals surface area contributed by atoms with E-state index < -0.39 is 0 Å².